The Morgan fingerprint density at radius 3 is 2.82 bits per heavy atom. The summed E-state index contributed by atoms with van der Waals surface area (Å²) >= 11 is 0. The lowest BCUT2D eigenvalue weighted by Crippen LogP contribution is -2.50. The van der Waals surface area contributed by atoms with E-state index in [9.17, 15) is 4.39 Å². The van der Waals surface area contributed by atoms with Gasteiger partial charge in [0, 0.05) is 25.3 Å². The van der Waals surface area contributed by atoms with Crippen LogP contribution in [0.3, 0.4) is 0 Å². The molecule has 7 heteroatoms. The molecule has 2 heterocycles. The maximum Gasteiger partial charge on any atom is 0.194 e. The van der Waals surface area contributed by atoms with E-state index in [1.54, 1.807) is 12.1 Å². The monoisotopic (exact) mass is 387 g/mol. The van der Waals surface area contributed by atoms with Crippen molar-refractivity contribution in [2.45, 2.75) is 45.8 Å². The molecule has 1 saturated heterocycles. The van der Waals surface area contributed by atoms with E-state index < -0.39 is 0 Å². The van der Waals surface area contributed by atoms with E-state index in [1.807, 2.05) is 13.1 Å². The van der Waals surface area contributed by atoms with E-state index >= 15 is 0 Å². The number of nitrogens with one attached hydrogen (secondary N) is 2. The van der Waals surface area contributed by atoms with Crippen LogP contribution in [0, 0.1) is 12.7 Å². The molecule has 2 atom stereocenters. The lowest BCUT2D eigenvalue weighted by Gasteiger charge is -2.38. The molecule has 2 unspecified atom stereocenters. The Morgan fingerprint density at radius 1 is 1.36 bits per heavy atom. The molecule has 3 rings (SSSR count). The Hall–Kier alpha value is -2.41. The molecule has 0 bridgehead atoms. The molecule has 0 spiro atoms. The van der Waals surface area contributed by atoms with Crippen LogP contribution in [0.5, 0.6) is 0 Å². The molecular formula is C21H30FN5O. The average molecular weight is 388 g/mol. The third-order valence-electron chi connectivity index (χ3n) is 4.94. The van der Waals surface area contributed by atoms with Crippen molar-refractivity contribution < 1.29 is 9.13 Å². The van der Waals surface area contributed by atoms with Gasteiger partial charge in [-0.15, -0.1) is 0 Å². The van der Waals surface area contributed by atoms with Gasteiger partial charge in [-0.3, -0.25) is 10.1 Å². The first-order valence-electron chi connectivity index (χ1n) is 9.99. The number of hydrogen-bond donors (Lipinski definition) is 2. The molecule has 0 saturated carbocycles. The number of aliphatic imine (C=N–C) groups is 1. The second-order valence-corrected chi connectivity index (χ2v) is 7.25. The molecular weight excluding hydrogens is 357 g/mol. The summed E-state index contributed by atoms with van der Waals surface area (Å²) in [4.78, 5) is 7.07. The molecule has 1 aliphatic heterocycles. The highest BCUT2D eigenvalue weighted by atomic mass is 19.1. The number of guanidine groups is 1. The van der Waals surface area contributed by atoms with Gasteiger partial charge in [-0.05, 0) is 56.9 Å². The maximum absolute atomic E-state index is 13.2. The molecule has 28 heavy (non-hydrogen) atoms. The fraction of sp³-hybridized carbons (Fsp3) is 0.524. The smallest absolute Gasteiger partial charge is 0.194 e. The number of rotatable bonds is 6. The van der Waals surface area contributed by atoms with Gasteiger partial charge in [0.25, 0.3) is 0 Å². The van der Waals surface area contributed by atoms with E-state index in [0.29, 0.717) is 6.54 Å². The van der Waals surface area contributed by atoms with Crippen LogP contribution in [0.4, 0.5) is 4.39 Å². The number of aromatic amines is 1. The fourth-order valence-electron chi connectivity index (χ4n) is 3.49. The van der Waals surface area contributed by atoms with E-state index in [1.165, 1.54) is 17.7 Å². The Bertz CT molecular complexity index is 773. The zero-order valence-electron chi connectivity index (χ0n) is 16.9. The van der Waals surface area contributed by atoms with Crippen LogP contribution in [0.15, 0.2) is 35.5 Å². The number of hydrogen-bond acceptors (Lipinski definition) is 3. The van der Waals surface area contributed by atoms with Crippen molar-refractivity contribution in [1.29, 1.82) is 0 Å². The lowest BCUT2D eigenvalue weighted by atomic mass is 10.1. The van der Waals surface area contributed by atoms with E-state index in [4.69, 9.17) is 9.73 Å². The Labute approximate surface area is 166 Å². The topological polar surface area (TPSA) is 65.5 Å². The van der Waals surface area contributed by atoms with Gasteiger partial charge < -0.3 is 15.0 Å². The second kappa shape index (κ2) is 9.68. The highest BCUT2D eigenvalue weighted by molar-refractivity contribution is 5.80. The van der Waals surface area contributed by atoms with Gasteiger partial charge >= 0.3 is 0 Å². The summed E-state index contributed by atoms with van der Waals surface area (Å²) in [5.41, 5.74) is 3.36. The first-order chi connectivity index (χ1) is 13.6. The van der Waals surface area contributed by atoms with Gasteiger partial charge in [0.05, 0.1) is 18.8 Å². The van der Waals surface area contributed by atoms with Gasteiger partial charge in [-0.2, -0.15) is 5.10 Å². The van der Waals surface area contributed by atoms with Gasteiger partial charge in [0.15, 0.2) is 5.96 Å². The standard InChI is InChI=1S/C21H30FN5O/c1-4-23-21(24-11-5-6-18-12-25-26-16(18)3)27-13-15(2)28-20(14-27)17-7-9-19(22)10-8-17/h7-10,12,15,20H,4-6,11,13-14H2,1-3H3,(H,23,24)(H,25,26). The summed E-state index contributed by atoms with van der Waals surface area (Å²) in [6, 6.07) is 6.57. The van der Waals surface area contributed by atoms with Gasteiger partial charge in [0.2, 0.25) is 0 Å². The predicted octanol–water partition coefficient (Wildman–Crippen LogP) is 3.22. The summed E-state index contributed by atoms with van der Waals surface area (Å²) in [6.45, 7) is 9.22. The number of aromatic nitrogens is 2. The summed E-state index contributed by atoms with van der Waals surface area (Å²) in [5, 5.41) is 10.4. The average Bonchev–Trinajstić information content (AvgIpc) is 3.09. The molecule has 6 nitrogen and oxygen atoms in total. The Kier molecular flexibility index (Phi) is 7.03. The number of aryl methyl sites for hydroxylation is 2. The van der Waals surface area contributed by atoms with Crippen molar-refractivity contribution in [2.24, 2.45) is 4.99 Å². The summed E-state index contributed by atoms with van der Waals surface area (Å²) < 4.78 is 19.4. The molecule has 152 valence electrons. The molecule has 2 aromatic rings. The molecule has 1 aromatic carbocycles. The van der Waals surface area contributed by atoms with Crippen molar-refractivity contribution in [2.75, 3.05) is 26.2 Å². The third kappa shape index (κ3) is 5.32. The van der Waals surface area contributed by atoms with Crippen LogP contribution in [0.25, 0.3) is 0 Å². The molecule has 0 aliphatic carbocycles. The van der Waals surface area contributed by atoms with Crippen LogP contribution < -0.4 is 5.32 Å². The number of morpholine rings is 1. The molecule has 1 aliphatic rings. The quantitative estimate of drug-likeness (QED) is 0.454. The van der Waals surface area contributed by atoms with Crippen LogP contribution >= 0.6 is 0 Å². The van der Waals surface area contributed by atoms with Crippen LogP contribution in [0.1, 0.15) is 43.2 Å². The normalized spacial score (nSPS) is 20.4. The largest absolute Gasteiger partial charge is 0.367 e. The first kappa shape index (κ1) is 20.3. The molecule has 1 aromatic heterocycles. The maximum atomic E-state index is 13.2. The number of ether oxygens (including phenoxy) is 1. The summed E-state index contributed by atoms with van der Waals surface area (Å²) in [7, 11) is 0. The van der Waals surface area contributed by atoms with Crippen LogP contribution in [0.2, 0.25) is 0 Å². The van der Waals surface area contributed by atoms with Crippen molar-refractivity contribution in [3.05, 3.63) is 53.1 Å². The minimum atomic E-state index is -0.229. The minimum Gasteiger partial charge on any atom is -0.367 e. The summed E-state index contributed by atoms with van der Waals surface area (Å²) in [5.74, 6) is 0.681. The Balaban J connectivity index is 1.63. The number of benzene rings is 1. The van der Waals surface area contributed by atoms with Crippen molar-refractivity contribution in [3.63, 3.8) is 0 Å². The zero-order valence-corrected chi connectivity index (χ0v) is 16.9. The summed E-state index contributed by atoms with van der Waals surface area (Å²) in [6.07, 6.45) is 3.80. The minimum absolute atomic E-state index is 0.0706. The van der Waals surface area contributed by atoms with Crippen molar-refractivity contribution in [1.82, 2.24) is 20.4 Å². The van der Waals surface area contributed by atoms with Crippen LogP contribution in [-0.4, -0.2) is 53.3 Å². The third-order valence-corrected chi connectivity index (χ3v) is 4.94. The van der Waals surface area contributed by atoms with E-state index in [0.717, 1.165) is 49.7 Å². The fourth-order valence-corrected chi connectivity index (χ4v) is 3.49. The molecule has 0 radical (unpaired) electrons. The SMILES string of the molecule is CCNC(=NCCCc1cn[nH]c1C)N1CC(C)OC(c2ccc(F)cc2)C1. The number of halogens is 1. The van der Waals surface area contributed by atoms with Gasteiger partial charge in [-0.1, -0.05) is 12.1 Å². The number of nitrogens with zero attached hydrogens (tertiary/aromatic N) is 3. The molecule has 2 N–H and O–H groups in total. The van der Waals surface area contributed by atoms with E-state index in [2.05, 4.69) is 34.3 Å². The molecule has 1 fully saturated rings. The zero-order chi connectivity index (χ0) is 19.9. The van der Waals surface area contributed by atoms with Crippen molar-refractivity contribution >= 4 is 5.96 Å². The first-order valence-corrected chi connectivity index (χ1v) is 9.99. The van der Waals surface area contributed by atoms with Crippen molar-refractivity contribution in [3.8, 4) is 0 Å². The predicted molar refractivity (Wildman–Crippen MR) is 109 cm³/mol. The highest BCUT2D eigenvalue weighted by Gasteiger charge is 2.28. The van der Waals surface area contributed by atoms with Gasteiger partial charge in [-0.25, -0.2) is 4.39 Å². The number of H-pyrrole nitrogens is 1. The van der Waals surface area contributed by atoms with Gasteiger partial charge in [0.1, 0.15) is 11.9 Å². The second-order valence-electron chi connectivity index (χ2n) is 7.25. The highest BCUT2D eigenvalue weighted by Crippen LogP contribution is 2.25. The lowest BCUT2D eigenvalue weighted by molar-refractivity contribution is -0.0605. The van der Waals surface area contributed by atoms with E-state index in [-0.39, 0.29) is 18.0 Å². The van der Waals surface area contributed by atoms with Crippen LogP contribution in [-0.2, 0) is 11.2 Å². The molecule has 0 amide bonds. The Morgan fingerprint density at radius 2 is 2.14 bits per heavy atom.